The largest absolute Gasteiger partial charge is 0.497 e. The Morgan fingerprint density at radius 1 is 1.12 bits per heavy atom. The number of ether oxygens (including phenoxy) is 1. The fourth-order valence-electron chi connectivity index (χ4n) is 2.73. The number of aromatic amines is 1. The van der Waals surface area contributed by atoms with Crippen LogP contribution in [0.3, 0.4) is 0 Å². The average Bonchev–Trinajstić information content (AvgIpc) is 2.61. The van der Waals surface area contributed by atoms with Crippen LogP contribution in [-0.2, 0) is 13.1 Å². The highest BCUT2D eigenvalue weighted by atomic mass is 16.5. The summed E-state index contributed by atoms with van der Waals surface area (Å²) in [5.41, 5.74) is 1.81. The highest BCUT2D eigenvalue weighted by Gasteiger charge is 2.09. The highest BCUT2D eigenvalue weighted by molar-refractivity contribution is 5.77. The number of hydrogen-bond acceptors (Lipinski definition) is 4. The maximum absolute atomic E-state index is 12.2. The van der Waals surface area contributed by atoms with Gasteiger partial charge in [0.1, 0.15) is 11.6 Å². The maximum atomic E-state index is 12.2. The summed E-state index contributed by atoms with van der Waals surface area (Å²) in [6.45, 7) is 4.31. The second-order valence-corrected chi connectivity index (χ2v) is 5.68. The van der Waals surface area contributed by atoms with Crippen LogP contribution in [0.5, 0.6) is 5.75 Å². The number of methoxy groups -OCH3 is 1. The van der Waals surface area contributed by atoms with Crippen LogP contribution in [0.15, 0.2) is 53.3 Å². The van der Waals surface area contributed by atoms with E-state index in [1.165, 1.54) is 5.56 Å². The monoisotopic (exact) mass is 323 g/mol. The number of aromatic nitrogens is 2. The van der Waals surface area contributed by atoms with Crippen molar-refractivity contribution in [2.24, 2.45) is 0 Å². The summed E-state index contributed by atoms with van der Waals surface area (Å²) < 4.78 is 5.27. The second kappa shape index (κ2) is 7.27. The second-order valence-electron chi connectivity index (χ2n) is 5.68. The molecule has 3 rings (SSSR count). The van der Waals surface area contributed by atoms with Gasteiger partial charge in [-0.2, -0.15) is 0 Å². The summed E-state index contributed by atoms with van der Waals surface area (Å²) >= 11 is 0. The number of benzene rings is 2. The van der Waals surface area contributed by atoms with Crippen molar-refractivity contribution in [2.75, 3.05) is 13.7 Å². The standard InChI is InChI=1S/C19H21N3O2/c1-3-22(12-14-7-6-8-15(11-14)24-2)13-18-20-17-10-5-4-9-16(17)19(23)21-18/h4-11H,3,12-13H2,1-2H3,(H,20,21,23). The van der Waals surface area contributed by atoms with Crippen LogP contribution in [0.2, 0.25) is 0 Å². The minimum atomic E-state index is -0.0898. The van der Waals surface area contributed by atoms with E-state index >= 15 is 0 Å². The van der Waals surface area contributed by atoms with Crippen molar-refractivity contribution in [1.82, 2.24) is 14.9 Å². The molecule has 0 radical (unpaired) electrons. The molecule has 5 heteroatoms. The predicted molar refractivity (Wildman–Crippen MR) is 95.1 cm³/mol. The molecule has 5 nitrogen and oxygen atoms in total. The maximum Gasteiger partial charge on any atom is 0.258 e. The smallest absolute Gasteiger partial charge is 0.258 e. The quantitative estimate of drug-likeness (QED) is 0.758. The van der Waals surface area contributed by atoms with E-state index in [1.807, 2.05) is 36.4 Å². The normalized spacial score (nSPS) is 11.1. The molecule has 1 N–H and O–H groups in total. The fourth-order valence-corrected chi connectivity index (χ4v) is 2.73. The van der Waals surface area contributed by atoms with Crippen molar-refractivity contribution < 1.29 is 4.74 Å². The number of hydrogen-bond donors (Lipinski definition) is 1. The molecule has 0 fully saturated rings. The first-order valence-corrected chi connectivity index (χ1v) is 8.03. The van der Waals surface area contributed by atoms with Crippen molar-refractivity contribution in [1.29, 1.82) is 0 Å². The number of nitrogens with zero attached hydrogens (tertiary/aromatic N) is 2. The van der Waals surface area contributed by atoms with Gasteiger partial charge in [-0.25, -0.2) is 4.98 Å². The molecular formula is C19H21N3O2. The lowest BCUT2D eigenvalue weighted by atomic mass is 10.2. The Balaban J connectivity index is 1.81. The SMILES string of the molecule is CCN(Cc1cccc(OC)c1)Cc1nc2ccccc2c(=O)[nH]1. The van der Waals surface area contributed by atoms with E-state index in [0.717, 1.165) is 24.4 Å². The van der Waals surface area contributed by atoms with Crippen molar-refractivity contribution in [2.45, 2.75) is 20.0 Å². The molecule has 1 heterocycles. The third-order valence-corrected chi connectivity index (χ3v) is 4.02. The van der Waals surface area contributed by atoms with Crippen LogP contribution in [0.1, 0.15) is 18.3 Å². The zero-order chi connectivity index (χ0) is 16.9. The molecule has 0 aliphatic carbocycles. The van der Waals surface area contributed by atoms with Crippen molar-refractivity contribution in [3.63, 3.8) is 0 Å². The molecule has 3 aromatic rings. The summed E-state index contributed by atoms with van der Waals surface area (Å²) in [5, 5.41) is 0.622. The molecule has 0 unspecified atom stereocenters. The molecule has 124 valence electrons. The Morgan fingerprint density at radius 3 is 2.75 bits per heavy atom. The zero-order valence-corrected chi connectivity index (χ0v) is 14.0. The van der Waals surface area contributed by atoms with E-state index in [2.05, 4.69) is 27.9 Å². The third-order valence-electron chi connectivity index (χ3n) is 4.02. The van der Waals surface area contributed by atoms with Gasteiger partial charge in [0.25, 0.3) is 5.56 Å². The number of fused-ring (bicyclic) bond motifs is 1. The van der Waals surface area contributed by atoms with Gasteiger partial charge in [0.15, 0.2) is 0 Å². The number of H-pyrrole nitrogens is 1. The molecule has 0 aliphatic rings. The summed E-state index contributed by atoms with van der Waals surface area (Å²) in [7, 11) is 1.67. The molecule has 0 spiro atoms. The first kappa shape index (κ1) is 16.2. The fraction of sp³-hybridized carbons (Fsp3) is 0.263. The van der Waals surface area contributed by atoms with Crippen LogP contribution in [0.25, 0.3) is 10.9 Å². The Morgan fingerprint density at radius 2 is 1.96 bits per heavy atom. The van der Waals surface area contributed by atoms with E-state index < -0.39 is 0 Å². The molecule has 0 saturated carbocycles. The average molecular weight is 323 g/mol. The van der Waals surface area contributed by atoms with Crippen molar-refractivity contribution in [3.05, 3.63) is 70.3 Å². The molecule has 2 aromatic carbocycles. The van der Waals surface area contributed by atoms with Gasteiger partial charge in [0.05, 0.1) is 24.6 Å². The first-order valence-electron chi connectivity index (χ1n) is 8.03. The van der Waals surface area contributed by atoms with E-state index in [0.29, 0.717) is 17.8 Å². The molecule has 0 aliphatic heterocycles. The highest BCUT2D eigenvalue weighted by Crippen LogP contribution is 2.15. The molecule has 0 bridgehead atoms. The Hall–Kier alpha value is -2.66. The topological polar surface area (TPSA) is 58.2 Å². The van der Waals surface area contributed by atoms with E-state index in [4.69, 9.17) is 4.74 Å². The van der Waals surface area contributed by atoms with E-state index in [9.17, 15) is 4.79 Å². The number of para-hydroxylation sites is 1. The number of rotatable bonds is 6. The zero-order valence-electron chi connectivity index (χ0n) is 14.0. The lowest BCUT2D eigenvalue weighted by molar-refractivity contribution is 0.264. The first-order chi connectivity index (χ1) is 11.7. The molecular weight excluding hydrogens is 302 g/mol. The van der Waals surface area contributed by atoms with Crippen molar-refractivity contribution in [3.8, 4) is 5.75 Å². The minimum absolute atomic E-state index is 0.0898. The van der Waals surface area contributed by atoms with E-state index in [1.54, 1.807) is 13.2 Å². The predicted octanol–water partition coefficient (Wildman–Crippen LogP) is 2.95. The van der Waals surface area contributed by atoms with E-state index in [-0.39, 0.29) is 5.56 Å². The lowest BCUT2D eigenvalue weighted by Gasteiger charge is -2.20. The van der Waals surface area contributed by atoms with Gasteiger partial charge in [0, 0.05) is 6.54 Å². The van der Waals surface area contributed by atoms with Crippen LogP contribution in [-0.4, -0.2) is 28.5 Å². The summed E-state index contributed by atoms with van der Waals surface area (Å²) in [5.74, 6) is 1.53. The third kappa shape index (κ3) is 3.63. The molecule has 0 atom stereocenters. The number of nitrogens with one attached hydrogen (secondary N) is 1. The summed E-state index contributed by atoms with van der Waals surface area (Å²) in [6, 6.07) is 15.4. The van der Waals surface area contributed by atoms with Gasteiger partial charge in [0.2, 0.25) is 0 Å². The van der Waals surface area contributed by atoms with Gasteiger partial charge in [-0.15, -0.1) is 0 Å². The van der Waals surface area contributed by atoms with Crippen LogP contribution >= 0.6 is 0 Å². The minimum Gasteiger partial charge on any atom is -0.497 e. The molecule has 1 aromatic heterocycles. The molecule has 0 saturated heterocycles. The van der Waals surface area contributed by atoms with Gasteiger partial charge in [-0.3, -0.25) is 9.69 Å². The Kier molecular flexibility index (Phi) is 4.91. The summed E-state index contributed by atoms with van der Waals surface area (Å²) in [6.07, 6.45) is 0. The van der Waals surface area contributed by atoms with Crippen LogP contribution in [0.4, 0.5) is 0 Å². The molecule has 24 heavy (non-hydrogen) atoms. The Labute approximate surface area is 140 Å². The van der Waals surface area contributed by atoms with Crippen LogP contribution in [0, 0.1) is 0 Å². The van der Waals surface area contributed by atoms with Crippen molar-refractivity contribution >= 4 is 10.9 Å². The van der Waals surface area contributed by atoms with Gasteiger partial charge in [-0.05, 0) is 36.4 Å². The van der Waals surface area contributed by atoms with Crippen LogP contribution < -0.4 is 10.3 Å². The van der Waals surface area contributed by atoms with Gasteiger partial charge >= 0.3 is 0 Å². The molecule has 0 amide bonds. The van der Waals surface area contributed by atoms with Gasteiger partial charge < -0.3 is 9.72 Å². The Bertz CT molecular complexity index is 889. The van der Waals surface area contributed by atoms with Gasteiger partial charge in [-0.1, -0.05) is 31.2 Å². The summed E-state index contributed by atoms with van der Waals surface area (Å²) in [4.78, 5) is 21.9. The lowest BCUT2D eigenvalue weighted by Crippen LogP contribution is -2.25.